The first-order chi connectivity index (χ1) is 2.56. The Morgan fingerprint density at radius 1 is 1.11 bits per heavy atom. The molecule has 62 valence electrons. The summed E-state index contributed by atoms with van der Waals surface area (Å²) in [5.41, 5.74) is 0. The summed E-state index contributed by atoms with van der Waals surface area (Å²) in [6.45, 7) is 1.62. The van der Waals surface area contributed by atoms with Gasteiger partial charge in [-0.15, -0.1) is 0 Å². The van der Waals surface area contributed by atoms with E-state index < -0.39 is 9.84 Å². The Morgan fingerprint density at radius 3 is 1.22 bits per heavy atom. The van der Waals surface area contributed by atoms with E-state index >= 15 is 0 Å². The van der Waals surface area contributed by atoms with Gasteiger partial charge in [-0.25, -0.2) is 8.42 Å². The van der Waals surface area contributed by atoms with Crippen LogP contribution in [0.2, 0.25) is 0 Å². The summed E-state index contributed by atoms with van der Waals surface area (Å²) in [5, 5.41) is 0. The third-order valence-electron chi connectivity index (χ3n) is 0.524. The lowest BCUT2D eigenvalue weighted by Crippen LogP contribution is -1.96. The summed E-state index contributed by atoms with van der Waals surface area (Å²) in [6, 6.07) is 0. The molecular formula is C6H20O2S. The van der Waals surface area contributed by atoms with E-state index in [1.54, 1.807) is 6.92 Å². The van der Waals surface area contributed by atoms with Crippen molar-refractivity contribution in [3.63, 3.8) is 0 Å². The minimum Gasteiger partial charge on any atom is -0.229 e. The van der Waals surface area contributed by atoms with Crippen LogP contribution in [0.5, 0.6) is 0 Å². The zero-order chi connectivity index (χ0) is 5.21. The van der Waals surface area contributed by atoms with Crippen LogP contribution in [0, 0.1) is 0 Å². The normalized spacial score (nSPS) is 7.78. The topological polar surface area (TPSA) is 34.1 Å². The van der Waals surface area contributed by atoms with Gasteiger partial charge in [-0.1, -0.05) is 29.2 Å². The Labute approximate surface area is 60.2 Å². The van der Waals surface area contributed by atoms with Gasteiger partial charge >= 0.3 is 0 Å². The monoisotopic (exact) mass is 156 g/mol. The van der Waals surface area contributed by atoms with Gasteiger partial charge in [0.05, 0.1) is 0 Å². The molecule has 0 aromatic carbocycles. The van der Waals surface area contributed by atoms with Crippen molar-refractivity contribution in [3.05, 3.63) is 0 Å². The smallest absolute Gasteiger partial charge is 0.147 e. The lowest BCUT2D eigenvalue weighted by atomic mass is 11.0. The fraction of sp³-hybridized carbons (Fsp3) is 1.00. The summed E-state index contributed by atoms with van der Waals surface area (Å²) in [6.07, 6.45) is 1.22. The van der Waals surface area contributed by atoms with E-state index in [1.807, 2.05) is 0 Å². The van der Waals surface area contributed by atoms with Gasteiger partial charge in [0.15, 0.2) is 0 Å². The van der Waals surface area contributed by atoms with Crippen molar-refractivity contribution in [3.8, 4) is 0 Å². The zero-order valence-corrected chi connectivity index (χ0v) is 4.75. The molecule has 0 spiro atoms. The van der Waals surface area contributed by atoms with Crippen LogP contribution in [0.1, 0.15) is 29.2 Å². The van der Waals surface area contributed by atoms with Crippen LogP contribution in [0.4, 0.5) is 0 Å². The summed E-state index contributed by atoms with van der Waals surface area (Å²) < 4.78 is 20.0. The fourth-order valence-corrected chi connectivity index (χ4v) is 0. The lowest BCUT2D eigenvalue weighted by molar-refractivity contribution is 0.603. The predicted octanol–water partition coefficient (Wildman–Crippen LogP) is 1.96. The van der Waals surface area contributed by atoms with Crippen molar-refractivity contribution in [2.24, 2.45) is 0 Å². The van der Waals surface area contributed by atoms with Crippen LogP contribution >= 0.6 is 0 Å². The van der Waals surface area contributed by atoms with Crippen molar-refractivity contribution < 1.29 is 8.42 Å². The molecule has 3 heteroatoms. The Bertz CT molecular complexity index is 113. The van der Waals surface area contributed by atoms with E-state index in [-0.39, 0.29) is 28.0 Å². The molecule has 0 atom stereocenters. The van der Waals surface area contributed by atoms with Crippen LogP contribution < -0.4 is 0 Å². The third kappa shape index (κ3) is 32.3. The highest BCUT2D eigenvalue weighted by molar-refractivity contribution is 7.90. The van der Waals surface area contributed by atoms with E-state index in [9.17, 15) is 8.42 Å². The number of sulfone groups is 1. The summed E-state index contributed by atoms with van der Waals surface area (Å²) in [4.78, 5) is 0. The average Bonchev–Trinajstić information content (AvgIpc) is 1.35. The molecule has 0 aliphatic rings. The second kappa shape index (κ2) is 7.95. The molecule has 2 nitrogen and oxygen atoms in total. The maximum absolute atomic E-state index is 10.0. The maximum Gasteiger partial charge on any atom is 0.147 e. The molecule has 0 aliphatic heterocycles. The van der Waals surface area contributed by atoms with E-state index in [1.165, 1.54) is 6.26 Å². The van der Waals surface area contributed by atoms with E-state index in [2.05, 4.69) is 0 Å². The first-order valence-corrected chi connectivity index (χ1v) is 3.80. The summed E-state index contributed by atoms with van der Waals surface area (Å²) in [7, 11) is -2.66. The molecule has 0 aromatic heterocycles. The number of hydrogen-bond acceptors (Lipinski definition) is 2. The van der Waals surface area contributed by atoms with Gasteiger partial charge in [-0.3, -0.25) is 0 Å². The van der Waals surface area contributed by atoms with E-state index in [4.69, 9.17) is 0 Å². The Kier molecular flexibility index (Phi) is 20.4. The van der Waals surface area contributed by atoms with Crippen molar-refractivity contribution in [1.82, 2.24) is 0 Å². The van der Waals surface area contributed by atoms with Crippen LogP contribution in [0.15, 0.2) is 0 Å². The van der Waals surface area contributed by atoms with Gasteiger partial charge in [0.25, 0.3) is 0 Å². The van der Waals surface area contributed by atoms with Gasteiger partial charge in [0.2, 0.25) is 0 Å². The molecule has 0 rings (SSSR count). The SMILES string of the molecule is C.C.C.CCS(C)(=O)=O. The van der Waals surface area contributed by atoms with Gasteiger partial charge in [-0.2, -0.15) is 0 Å². The molecule has 0 aromatic rings. The van der Waals surface area contributed by atoms with Gasteiger partial charge in [-0.05, 0) is 0 Å². The minimum absolute atomic E-state index is 0. The Balaban J connectivity index is -0.0000000417. The lowest BCUT2D eigenvalue weighted by Gasteiger charge is -1.81. The highest BCUT2D eigenvalue weighted by Gasteiger charge is 1.90. The van der Waals surface area contributed by atoms with Gasteiger partial charge in [0.1, 0.15) is 9.84 Å². The molecule has 0 amide bonds. The molecule has 9 heavy (non-hydrogen) atoms. The van der Waals surface area contributed by atoms with Crippen molar-refractivity contribution in [2.75, 3.05) is 12.0 Å². The molecule has 0 bridgehead atoms. The number of rotatable bonds is 1. The molecule has 0 aliphatic carbocycles. The predicted molar refractivity (Wildman–Crippen MR) is 45.6 cm³/mol. The zero-order valence-electron chi connectivity index (χ0n) is 3.93. The van der Waals surface area contributed by atoms with Crippen molar-refractivity contribution in [1.29, 1.82) is 0 Å². The highest BCUT2D eigenvalue weighted by atomic mass is 32.2. The molecule has 0 radical (unpaired) electrons. The van der Waals surface area contributed by atoms with Crippen LogP contribution in [-0.4, -0.2) is 20.4 Å². The quantitative estimate of drug-likeness (QED) is 0.581. The van der Waals surface area contributed by atoms with Crippen LogP contribution in [0.25, 0.3) is 0 Å². The highest BCUT2D eigenvalue weighted by Crippen LogP contribution is 1.75. The van der Waals surface area contributed by atoms with Gasteiger partial charge in [0, 0.05) is 12.0 Å². The summed E-state index contributed by atoms with van der Waals surface area (Å²) >= 11 is 0. The first-order valence-electron chi connectivity index (χ1n) is 1.74. The molecule has 0 unspecified atom stereocenters. The molecule has 0 saturated heterocycles. The summed E-state index contributed by atoms with van der Waals surface area (Å²) in [5.74, 6) is 0.243. The van der Waals surface area contributed by atoms with Crippen molar-refractivity contribution >= 4 is 9.84 Å². The molecule has 0 saturated carbocycles. The molecular weight excluding hydrogens is 136 g/mol. The Morgan fingerprint density at radius 2 is 1.22 bits per heavy atom. The first kappa shape index (κ1) is 23.1. The maximum atomic E-state index is 10.0. The van der Waals surface area contributed by atoms with Gasteiger partial charge < -0.3 is 0 Å². The minimum atomic E-state index is -2.66. The third-order valence-corrected chi connectivity index (χ3v) is 1.57. The number of hydrogen-bond donors (Lipinski definition) is 0. The van der Waals surface area contributed by atoms with E-state index in [0.717, 1.165) is 0 Å². The van der Waals surface area contributed by atoms with Crippen LogP contribution in [-0.2, 0) is 9.84 Å². The van der Waals surface area contributed by atoms with E-state index in [0.29, 0.717) is 0 Å². The fourth-order valence-electron chi connectivity index (χ4n) is 0. The largest absolute Gasteiger partial charge is 0.229 e. The second-order valence-corrected chi connectivity index (χ2v) is 3.64. The molecule has 0 heterocycles. The standard InChI is InChI=1S/C3H8O2S.3CH4/c1-3-6(2,4)5;;;/h3H2,1-2H3;3*1H4. The molecule has 0 fully saturated rings. The second-order valence-electron chi connectivity index (χ2n) is 1.21. The molecule has 0 N–H and O–H groups in total. The Hall–Kier alpha value is -0.0500. The van der Waals surface area contributed by atoms with Crippen molar-refractivity contribution in [2.45, 2.75) is 29.2 Å². The van der Waals surface area contributed by atoms with Crippen LogP contribution in [0.3, 0.4) is 0 Å². The average molecular weight is 156 g/mol.